The van der Waals surface area contributed by atoms with Crippen LogP contribution in [0.5, 0.6) is 11.6 Å². The molecule has 0 radical (unpaired) electrons. The maximum atomic E-state index is 10.2. The number of nitrogens with one attached hydrogen (secondary N) is 1. The molecule has 4 rings (SSSR count). The Labute approximate surface area is 162 Å². The topological polar surface area (TPSA) is 66.7 Å². The molecule has 0 unspecified atom stereocenters. The van der Waals surface area contributed by atoms with Gasteiger partial charge in [-0.05, 0) is 48.5 Å². The molecular weight excluding hydrogens is 414 g/mol. The second kappa shape index (κ2) is 6.93. The van der Waals surface area contributed by atoms with Gasteiger partial charge >= 0.3 is 0 Å². The molecule has 0 fully saturated rings. The van der Waals surface area contributed by atoms with E-state index in [0.717, 1.165) is 32.7 Å². The monoisotopic (exact) mass is 427 g/mol. The normalized spacial score (nSPS) is 13.8. The highest BCUT2D eigenvalue weighted by Gasteiger charge is 2.15. The minimum absolute atomic E-state index is 0.00430. The van der Waals surface area contributed by atoms with Crippen LogP contribution in [0.2, 0.25) is 0 Å². The first-order chi connectivity index (χ1) is 12.6. The summed E-state index contributed by atoms with van der Waals surface area (Å²) in [6, 6.07) is 13.5. The molecule has 26 heavy (non-hydrogen) atoms. The van der Waals surface area contributed by atoms with E-state index >= 15 is 0 Å². The van der Waals surface area contributed by atoms with Crippen LogP contribution < -0.4 is 10.1 Å². The third-order valence-electron chi connectivity index (χ3n) is 3.87. The van der Waals surface area contributed by atoms with Gasteiger partial charge in [-0.25, -0.2) is 0 Å². The quantitative estimate of drug-likeness (QED) is 0.566. The second-order valence-electron chi connectivity index (χ2n) is 5.58. The summed E-state index contributed by atoms with van der Waals surface area (Å²) in [7, 11) is 1.63. The van der Waals surface area contributed by atoms with E-state index in [2.05, 4.69) is 31.2 Å². The Balaban J connectivity index is 1.60. The lowest BCUT2D eigenvalue weighted by molar-refractivity contribution is 0.415. The summed E-state index contributed by atoms with van der Waals surface area (Å²) in [6.45, 7) is 0. The van der Waals surface area contributed by atoms with Crippen molar-refractivity contribution in [3.63, 3.8) is 0 Å². The van der Waals surface area contributed by atoms with Crippen LogP contribution in [0.15, 0.2) is 51.9 Å². The van der Waals surface area contributed by atoms with Gasteiger partial charge in [-0.3, -0.25) is 4.99 Å². The molecule has 0 atom stereocenters. The summed E-state index contributed by atoms with van der Waals surface area (Å²) in [4.78, 5) is 9.27. The Morgan fingerprint density at radius 1 is 1.19 bits per heavy atom. The molecule has 0 saturated heterocycles. The molecule has 0 amide bonds. The maximum absolute atomic E-state index is 10.2. The van der Waals surface area contributed by atoms with E-state index in [9.17, 15) is 5.11 Å². The Morgan fingerprint density at radius 2 is 2.00 bits per heavy atom. The third-order valence-corrected chi connectivity index (χ3v) is 5.27. The van der Waals surface area contributed by atoms with Crippen LogP contribution in [0.4, 0.5) is 16.5 Å². The van der Waals surface area contributed by atoms with Gasteiger partial charge in [-0.15, -0.1) is 0 Å². The first-order valence-corrected chi connectivity index (χ1v) is 9.40. The molecule has 130 valence electrons. The van der Waals surface area contributed by atoms with Crippen molar-refractivity contribution in [2.45, 2.75) is 0 Å². The van der Waals surface area contributed by atoms with Gasteiger partial charge in [0.2, 0.25) is 5.88 Å². The number of rotatable bonds is 4. The van der Waals surface area contributed by atoms with Crippen molar-refractivity contribution in [3.05, 3.63) is 57.4 Å². The molecule has 1 aliphatic rings. The van der Waals surface area contributed by atoms with Crippen LogP contribution in [-0.4, -0.2) is 23.4 Å². The number of hydrogen-bond acceptors (Lipinski definition) is 6. The molecule has 2 heterocycles. The zero-order valence-corrected chi connectivity index (χ0v) is 16.1. The zero-order chi connectivity index (χ0) is 18.1. The van der Waals surface area contributed by atoms with Gasteiger partial charge in [-0.1, -0.05) is 27.3 Å². The smallest absolute Gasteiger partial charge is 0.231 e. The number of anilines is 2. The van der Waals surface area contributed by atoms with Crippen LogP contribution in [-0.2, 0) is 0 Å². The number of aromatic hydroxyl groups is 1. The Kier molecular flexibility index (Phi) is 4.48. The maximum Gasteiger partial charge on any atom is 0.231 e. The number of ether oxygens (including phenoxy) is 1. The third kappa shape index (κ3) is 3.36. The highest BCUT2D eigenvalue weighted by atomic mass is 79.9. The first kappa shape index (κ1) is 16.8. The van der Waals surface area contributed by atoms with Crippen LogP contribution in [0, 0.1) is 0 Å². The first-order valence-electron chi connectivity index (χ1n) is 7.79. The molecule has 0 saturated carbocycles. The van der Waals surface area contributed by atoms with E-state index in [1.807, 2.05) is 48.5 Å². The summed E-state index contributed by atoms with van der Waals surface area (Å²) in [5.41, 5.74) is 3.75. The van der Waals surface area contributed by atoms with E-state index in [4.69, 9.17) is 4.74 Å². The van der Waals surface area contributed by atoms with Crippen molar-refractivity contribution in [1.82, 2.24) is 4.98 Å². The van der Waals surface area contributed by atoms with Gasteiger partial charge in [0.05, 0.1) is 17.7 Å². The highest BCUT2D eigenvalue weighted by Crippen LogP contribution is 2.38. The summed E-state index contributed by atoms with van der Waals surface area (Å²) in [5, 5.41) is 14.0. The molecule has 0 spiro atoms. The van der Waals surface area contributed by atoms with E-state index in [1.54, 1.807) is 13.3 Å². The van der Waals surface area contributed by atoms with E-state index < -0.39 is 0 Å². The second-order valence-corrected chi connectivity index (χ2v) is 7.53. The summed E-state index contributed by atoms with van der Waals surface area (Å²) in [6.07, 6.45) is 3.70. The van der Waals surface area contributed by atoms with Crippen LogP contribution in [0.1, 0.15) is 10.4 Å². The molecular formula is C19H14BrN3O2S. The Hall–Kier alpha value is -2.64. The minimum Gasteiger partial charge on any atom is -0.497 e. The van der Waals surface area contributed by atoms with Gasteiger partial charge in [-0.2, -0.15) is 4.98 Å². The molecule has 2 N–H and O–H groups in total. The SMILES string of the molecule is COc1ccc(Nc2nc(O)c(C=C3C=Nc4ccc(Br)cc43)s2)cc1. The van der Waals surface area contributed by atoms with Gasteiger partial charge in [0, 0.05) is 27.5 Å². The van der Waals surface area contributed by atoms with Crippen molar-refractivity contribution in [1.29, 1.82) is 0 Å². The Morgan fingerprint density at radius 3 is 2.77 bits per heavy atom. The van der Waals surface area contributed by atoms with Crippen molar-refractivity contribution < 1.29 is 9.84 Å². The number of aromatic nitrogens is 1. The lowest BCUT2D eigenvalue weighted by Crippen LogP contribution is -1.89. The number of halogens is 1. The number of benzene rings is 2. The lowest BCUT2D eigenvalue weighted by atomic mass is 10.1. The molecule has 3 aromatic rings. The van der Waals surface area contributed by atoms with Gasteiger partial charge in [0.15, 0.2) is 5.13 Å². The fraction of sp³-hybridized carbons (Fsp3) is 0.0526. The van der Waals surface area contributed by atoms with Crippen molar-refractivity contribution >= 4 is 61.6 Å². The number of thiazole rings is 1. The Bertz CT molecular complexity index is 1030. The average molecular weight is 428 g/mol. The fourth-order valence-electron chi connectivity index (χ4n) is 2.59. The van der Waals surface area contributed by atoms with Gasteiger partial charge < -0.3 is 15.2 Å². The number of aliphatic imine (C=N–C) groups is 1. The minimum atomic E-state index is -0.00430. The standard InChI is InChI=1S/C19H14BrN3O2S/c1-25-14-5-3-13(4-6-14)22-19-23-18(24)17(26-19)8-11-10-21-16-7-2-12(20)9-15(11)16/h2-10,24H,1H3,(H,22,23). The molecule has 1 aromatic heterocycles. The van der Waals surface area contributed by atoms with Crippen molar-refractivity contribution in [2.24, 2.45) is 4.99 Å². The molecule has 0 aliphatic carbocycles. The molecule has 2 aromatic carbocycles. The van der Waals surface area contributed by atoms with E-state index in [1.165, 1.54) is 11.3 Å². The number of nitrogens with zero attached hydrogens (tertiary/aromatic N) is 2. The van der Waals surface area contributed by atoms with E-state index in [-0.39, 0.29) is 5.88 Å². The van der Waals surface area contributed by atoms with Gasteiger partial charge in [0.1, 0.15) is 5.75 Å². The molecule has 7 heteroatoms. The average Bonchev–Trinajstić information content (AvgIpc) is 3.19. The zero-order valence-electron chi connectivity index (χ0n) is 13.7. The summed E-state index contributed by atoms with van der Waals surface area (Å²) >= 11 is 4.86. The van der Waals surface area contributed by atoms with Gasteiger partial charge in [0.25, 0.3) is 0 Å². The van der Waals surface area contributed by atoms with Crippen LogP contribution in [0.3, 0.4) is 0 Å². The number of methoxy groups -OCH3 is 1. The summed E-state index contributed by atoms with van der Waals surface area (Å²) < 4.78 is 6.14. The molecule has 0 bridgehead atoms. The molecule has 1 aliphatic heterocycles. The largest absolute Gasteiger partial charge is 0.497 e. The lowest BCUT2D eigenvalue weighted by Gasteiger charge is -2.03. The number of allylic oxidation sites excluding steroid dienone is 1. The van der Waals surface area contributed by atoms with Crippen molar-refractivity contribution in [2.75, 3.05) is 12.4 Å². The van der Waals surface area contributed by atoms with E-state index in [0.29, 0.717) is 10.0 Å². The predicted octanol–water partition coefficient (Wildman–Crippen LogP) is 5.62. The summed E-state index contributed by atoms with van der Waals surface area (Å²) in [5.74, 6) is 0.781. The molecule has 5 nitrogen and oxygen atoms in total. The highest BCUT2D eigenvalue weighted by molar-refractivity contribution is 9.10. The number of hydrogen-bond donors (Lipinski definition) is 2. The van der Waals surface area contributed by atoms with Crippen LogP contribution in [0.25, 0.3) is 11.6 Å². The predicted molar refractivity (Wildman–Crippen MR) is 110 cm³/mol. The van der Waals surface area contributed by atoms with Crippen LogP contribution >= 0.6 is 27.3 Å². The van der Waals surface area contributed by atoms with Crippen molar-refractivity contribution in [3.8, 4) is 11.6 Å². The number of fused-ring (bicyclic) bond motifs is 1. The fourth-order valence-corrected chi connectivity index (χ4v) is 3.78.